The van der Waals surface area contributed by atoms with Gasteiger partial charge in [0.1, 0.15) is 0 Å². The summed E-state index contributed by atoms with van der Waals surface area (Å²) in [4.78, 5) is 4.46. The van der Waals surface area contributed by atoms with E-state index in [1.165, 1.54) is 36.6 Å². The van der Waals surface area contributed by atoms with Crippen LogP contribution >= 0.6 is 15.9 Å². The van der Waals surface area contributed by atoms with Crippen LogP contribution in [0.4, 0.5) is 0 Å². The minimum atomic E-state index is 0.730. The van der Waals surface area contributed by atoms with Gasteiger partial charge < -0.3 is 0 Å². The van der Waals surface area contributed by atoms with Crippen molar-refractivity contribution in [1.29, 1.82) is 0 Å². The molecule has 0 atom stereocenters. The third-order valence-corrected chi connectivity index (χ3v) is 5.10. The molecule has 0 bridgehead atoms. The zero-order valence-corrected chi connectivity index (χ0v) is 12.1. The average molecular weight is 304 g/mol. The van der Waals surface area contributed by atoms with E-state index in [1.807, 2.05) is 6.20 Å². The second kappa shape index (κ2) is 5.40. The van der Waals surface area contributed by atoms with Crippen LogP contribution in [-0.2, 0) is 0 Å². The Morgan fingerprint density at radius 2 is 1.83 bits per heavy atom. The predicted molar refractivity (Wildman–Crippen MR) is 80.2 cm³/mol. The largest absolute Gasteiger partial charge is 0.256 e. The summed E-state index contributed by atoms with van der Waals surface area (Å²) in [7, 11) is 0. The smallest absolute Gasteiger partial charge is 0.0704 e. The van der Waals surface area contributed by atoms with E-state index < -0.39 is 0 Å². The highest BCUT2D eigenvalue weighted by atomic mass is 79.9. The number of nitrogens with zero attached hydrogens (tertiary/aromatic N) is 1. The van der Waals surface area contributed by atoms with Gasteiger partial charge in [0.25, 0.3) is 0 Å². The molecule has 1 heterocycles. The predicted octanol–water partition coefficient (Wildman–Crippen LogP) is 4.90. The molecule has 0 radical (unpaired) electrons. The number of alkyl halides is 1. The maximum atomic E-state index is 4.46. The fraction of sp³-hybridized carbons (Fsp3) is 0.438. The van der Waals surface area contributed by atoms with Gasteiger partial charge in [-0.3, -0.25) is 4.98 Å². The van der Waals surface area contributed by atoms with Crippen molar-refractivity contribution in [2.24, 2.45) is 5.92 Å². The SMILES string of the molecule is BrCC1CCC(c2ccnc3ccccc23)CC1. The monoisotopic (exact) mass is 303 g/mol. The quantitative estimate of drug-likeness (QED) is 0.719. The van der Waals surface area contributed by atoms with Crippen LogP contribution in [0.1, 0.15) is 37.2 Å². The fourth-order valence-corrected chi connectivity index (χ4v) is 3.75. The van der Waals surface area contributed by atoms with Gasteiger partial charge in [-0.2, -0.15) is 0 Å². The van der Waals surface area contributed by atoms with Gasteiger partial charge in [-0.1, -0.05) is 34.1 Å². The van der Waals surface area contributed by atoms with E-state index in [1.54, 1.807) is 0 Å². The van der Waals surface area contributed by atoms with E-state index in [0.29, 0.717) is 0 Å². The zero-order chi connectivity index (χ0) is 12.4. The lowest BCUT2D eigenvalue weighted by Crippen LogP contribution is -2.14. The lowest BCUT2D eigenvalue weighted by molar-refractivity contribution is 0.355. The molecule has 0 N–H and O–H groups in total. The summed E-state index contributed by atoms with van der Waals surface area (Å²) in [5, 5.41) is 2.51. The molecule has 1 aromatic heterocycles. The van der Waals surface area contributed by atoms with Crippen molar-refractivity contribution in [3.63, 3.8) is 0 Å². The first-order valence-corrected chi connectivity index (χ1v) is 7.90. The normalized spacial score (nSPS) is 24.3. The number of halogens is 1. The van der Waals surface area contributed by atoms with Gasteiger partial charge in [0.15, 0.2) is 0 Å². The van der Waals surface area contributed by atoms with Crippen LogP contribution in [0.15, 0.2) is 36.5 Å². The molecule has 1 aliphatic carbocycles. The van der Waals surface area contributed by atoms with E-state index >= 15 is 0 Å². The minimum absolute atomic E-state index is 0.730. The number of rotatable bonds is 2. The van der Waals surface area contributed by atoms with Crippen molar-refractivity contribution in [3.8, 4) is 0 Å². The maximum absolute atomic E-state index is 4.46. The van der Waals surface area contributed by atoms with E-state index in [4.69, 9.17) is 0 Å². The summed E-state index contributed by atoms with van der Waals surface area (Å²) in [5.41, 5.74) is 2.64. The highest BCUT2D eigenvalue weighted by Gasteiger charge is 2.22. The van der Waals surface area contributed by atoms with Gasteiger partial charge in [0.05, 0.1) is 5.52 Å². The summed E-state index contributed by atoms with van der Waals surface area (Å²) < 4.78 is 0. The zero-order valence-electron chi connectivity index (χ0n) is 10.5. The maximum Gasteiger partial charge on any atom is 0.0704 e. The Kier molecular flexibility index (Phi) is 3.64. The molecule has 1 nitrogen and oxygen atoms in total. The number of hydrogen-bond acceptors (Lipinski definition) is 1. The molecular formula is C16H18BrN. The standard InChI is InChI=1S/C16H18BrN/c17-11-12-5-7-13(8-6-12)14-9-10-18-16-4-2-1-3-15(14)16/h1-4,9-10,12-13H,5-8,11H2. The first kappa shape index (κ1) is 12.2. The molecule has 2 heteroatoms. The molecular weight excluding hydrogens is 286 g/mol. The summed E-state index contributed by atoms with van der Waals surface area (Å²) in [6, 6.07) is 10.7. The molecule has 1 fully saturated rings. The Labute approximate surface area is 117 Å². The highest BCUT2D eigenvalue weighted by molar-refractivity contribution is 9.09. The van der Waals surface area contributed by atoms with Crippen molar-refractivity contribution in [2.45, 2.75) is 31.6 Å². The van der Waals surface area contributed by atoms with Crippen LogP contribution < -0.4 is 0 Å². The first-order chi connectivity index (χ1) is 8.88. The third-order valence-electron chi connectivity index (χ3n) is 4.19. The molecule has 1 saturated carbocycles. The van der Waals surface area contributed by atoms with Crippen molar-refractivity contribution in [1.82, 2.24) is 4.98 Å². The second-order valence-corrected chi connectivity index (χ2v) is 5.94. The van der Waals surface area contributed by atoms with E-state index in [0.717, 1.165) is 22.7 Å². The summed E-state index contributed by atoms with van der Waals surface area (Å²) in [6.45, 7) is 0. The Hall–Kier alpha value is -0.890. The molecule has 1 aliphatic rings. The summed E-state index contributed by atoms with van der Waals surface area (Å²) in [6.07, 6.45) is 7.32. The molecule has 3 rings (SSSR count). The number of benzene rings is 1. The number of pyridine rings is 1. The summed E-state index contributed by atoms with van der Waals surface area (Å²) in [5.74, 6) is 1.61. The molecule has 1 aromatic carbocycles. The lowest BCUT2D eigenvalue weighted by atomic mass is 9.78. The van der Waals surface area contributed by atoms with Crippen LogP contribution in [0.2, 0.25) is 0 Å². The van der Waals surface area contributed by atoms with Crippen LogP contribution in [-0.4, -0.2) is 10.3 Å². The molecule has 2 aromatic rings. The van der Waals surface area contributed by atoms with Crippen molar-refractivity contribution < 1.29 is 0 Å². The van der Waals surface area contributed by atoms with E-state index in [-0.39, 0.29) is 0 Å². The molecule has 18 heavy (non-hydrogen) atoms. The van der Waals surface area contributed by atoms with Crippen LogP contribution in [0.5, 0.6) is 0 Å². The highest BCUT2D eigenvalue weighted by Crippen LogP contribution is 2.38. The lowest BCUT2D eigenvalue weighted by Gasteiger charge is -2.28. The Bertz CT molecular complexity index is 524. The van der Waals surface area contributed by atoms with E-state index in [9.17, 15) is 0 Å². The third kappa shape index (κ3) is 2.31. The second-order valence-electron chi connectivity index (χ2n) is 5.29. The fourth-order valence-electron chi connectivity index (χ4n) is 3.10. The summed E-state index contributed by atoms with van der Waals surface area (Å²) >= 11 is 3.62. The molecule has 0 saturated heterocycles. The van der Waals surface area contributed by atoms with E-state index in [2.05, 4.69) is 51.2 Å². The number of fused-ring (bicyclic) bond motifs is 1. The van der Waals surface area contributed by atoms with Crippen molar-refractivity contribution in [2.75, 3.05) is 5.33 Å². The molecule has 94 valence electrons. The average Bonchev–Trinajstić information content (AvgIpc) is 2.47. The molecule has 0 amide bonds. The van der Waals surface area contributed by atoms with Gasteiger partial charge in [-0.05, 0) is 55.2 Å². The number of aromatic nitrogens is 1. The van der Waals surface area contributed by atoms with Crippen LogP contribution in [0, 0.1) is 5.92 Å². The van der Waals surface area contributed by atoms with Crippen molar-refractivity contribution >= 4 is 26.8 Å². The van der Waals surface area contributed by atoms with Gasteiger partial charge in [-0.15, -0.1) is 0 Å². The van der Waals surface area contributed by atoms with Gasteiger partial charge in [0, 0.05) is 16.9 Å². The Balaban J connectivity index is 1.91. The van der Waals surface area contributed by atoms with Crippen LogP contribution in [0.3, 0.4) is 0 Å². The Morgan fingerprint density at radius 3 is 2.61 bits per heavy atom. The molecule has 0 unspecified atom stereocenters. The van der Waals surface area contributed by atoms with Crippen molar-refractivity contribution in [3.05, 3.63) is 42.1 Å². The van der Waals surface area contributed by atoms with Gasteiger partial charge in [0.2, 0.25) is 0 Å². The Morgan fingerprint density at radius 1 is 1.06 bits per heavy atom. The van der Waals surface area contributed by atoms with Gasteiger partial charge in [-0.25, -0.2) is 0 Å². The molecule has 0 spiro atoms. The number of hydrogen-bond donors (Lipinski definition) is 0. The van der Waals surface area contributed by atoms with Gasteiger partial charge >= 0.3 is 0 Å². The van der Waals surface area contributed by atoms with Crippen LogP contribution in [0.25, 0.3) is 10.9 Å². The topological polar surface area (TPSA) is 12.9 Å². The number of para-hydroxylation sites is 1. The first-order valence-electron chi connectivity index (χ1n) is 6.78. The molecule has 0 aliphatic heterocycles. The minimum Gasteiger partial charge on any atom is -0.256 e.